The topological polar surface area (TPSA) is 64.5 Å². The number of fused-ring (bicyclic) bond motifs is 9. The second-order valence-corrected chi connectivity index (χ2v) is 31.5. The van der Waals surface area contributed by atoms with E-state index in [0.717, 1.165) is 61.2 Å². The molecule has 0 unspecified atom stereocenters. The Labute approximate surface area is 645 Å². The maximum Gasteiger partial charge on any atom is 0.164 e. The van der Waals surface area contributed by atoms with Crippen molar-refractivity contribution in [2.45, 2.75) is 77.0 Å². The Hall–Kier alpha value is -13.1. The molecule has 0 spiro atoms. The Morgan fingerprint density at radius 3 is 1.01 bits per heavy atom. The van der Waals surface area contributed by atoms with E-state index < -0.39 is 0 Å². The molecular weight excluding hydrogens is 1330 g/mol. The van der Waals surface area contributed by atoms with Gasteiger partial charge in [0.15, 0.2) is 17.5 Å². The Bertz CT molecular complexity index is 6300. The molecule has 110 heavy (non-hydrogen) atoms. The summed E-state index contributed by atoms with van der Waals surface area (Å²) in [5, 5.41) is 2.29. The maximum atomic E-state index is 5.45. The molecule has 0 saturated heterocycles. The summed E-state index contributed by atoms with van der Waals surface area (Å²) in [6.07, 6.45) is 0. The van der Waals surface area contributed by atoms with Crippen molar-refractivity contribution < 1.29 is 0 Å². The molecule has 5 nitrogen and oxygen atoms in total. The molecule has 0 N–H and O–H groups in total. The van der Waals surface area contributed by atoms with E-state index >= 15 is 0 Å². The second kappa shape index (κ2) is 27.6. The summed E-state index contributed by atoms with van der Waals surface area (Å²) in [5.41, 5.74) is 33.4. The molecule has 0 aliphatic heterocycles. The third-order valence-corrected chi connectivity index (χ3v) is 24.4. The fraction of sp³-hybridized carbons (Fsp3) is 0.114. The molecule has 2 aromatic heterocycles. The fourth-order valence-corrected chi connectivity index (χ4v) is 16.8. The van der Waals surface area contributed by atoms with Gasteiger partial charge in [0.1, 0.15) is 0 Å². The quantitative estimate of drug-likeness (QED) is 0.121. The maximum absolute atomic E-state index is 5.45. The van der Waals surface area contributed by atoms with E-state index in [1.54, 1.807) is 0 Å². The van der Waals surface area contributed by atoms with E-state index in [-0.39, 0.29) is 21.7 Å². The zero-order valence-corrected chi connectivity index (χ0v) is 63.3. The average Bonchev–Trinajstić information content (AvgIpc) is 0.712. The molecule has 0 fully saturated rings. The van der Waals surface area contributed by atoms with Crippen molar-refractivity contribution in [2.24, 2.45) is 0 Å². The zero-order valence-electron chi connectivity index (χ0n) is 63.3. The molecule has 0 atom stereocenters. The highest BCUT2D eigenvalue weighted by Gasteiger charge is 2.48. The van der Waals surface area contributed by atoms with Crippen molar-refractivity contribution in [1.82, 2.24) is 24.9 Å². The van der Waals surface area contributed by atoms with Gasteiger partial charge in [0.25, 0.3) is 0 Å². The third kappa shape index (κ3) is 12.2. The lowest BCUT2D eigenvalue weighted by Gasteiger charge is -2.48. The van der Waals surface area contributed by atoms with Crippen LogP contribution in [0.3, 0.4) is 0 Å². The van der Waals surface area contributed by atoms with Gasteiger partial charge in [-0.3, -0.25) is 0 Å². The van der Waals surface area contributed by atoms with Gasteiger partial charge in [0.2, 0.25) is 0 Å². The van der Waals surface area contributed by atoms with Gasteiger partial charge < -0.3 is 0 Å². The summed E-state index contributed by atoms with van der Waals surface area (Å²) in [6.45, 7) is 19.2. The summed E-state index contributed by atoms with van der Waals surface area (Å²) in [7, 11) is 0. The van der Waals surface area contributed by atoms with E-state index in [0.29, 0.717) is 17.5 Å². The van der Waals surface area contributed by atoms with E-state index in [2.05, 4.69) is 353 Å². The molecular formula is C105H83N5. The Morgan fingerprint density at radius 1 is 0.182 bits per heavy atom. The number of hydrogen-bond acceptors (Lipinski definition) is 5. The lowest BCUT2D eigenvalue weighted by Crippen LogP contribution is -2.43. The van der Waals surface area contributed by atoms with Crippen LogP contribution in [0.2, 0.25) is 0 Å². The van der Waals surface area contributed by atoms with Crippen LogP contribution in [0, 0.1) is 0 Å². The molecule has 0 bridgehead atoms. The third-order valence-electron chi connectivity index (χ3n) is 24.4. The molecule has 5 heteroatoms. The second-order valence-electron chi connectivity index (χ2n) is 31.5. The van der Waals surface area contributed by atoms with Gasteiger partial charge in [-0.25, -0.2) is 24.9 Å². The van der Waals surface area contributed by atoms with E-state index in [4.69, 9.17) is 24.9 Å². The molecule has 2 aliphatic rings. The Balaban J connectivity index is 0.000000157. The molecule has 15 aromatic carbocycles. The minimum atomic E-state index is -0.149. The van der Waals surface area contributed by atoms with Crippen molar-refractivity contribution in [3.8, 4) is 146 Å². The number of benzene rings is 15. The minimum Gasteiger partial charge on any atom is -0.244 e. The number of nitrogens with zero attached hydrogens (tertiary/aromatic N) is 5. The van der Waals surface area contributed by atoms with Crippen LogP contribution in [0.5, 0.6) is 0 Å². The molecule has 0 radical (unpaired) electrons. The molecule has 0 amide bonds. The number of hydrogen-bond donors (Lipinski definition) is 0. The summed E-state index contributed by atoms with van der Waals surface area (Å²) < 4.78 is 0. The smallest absolute Gasteiger partial charge is 0.164 e. The van der Waals surface area contributed by atoms with Gasteiger partial charge in [-0.15, -0.1) is 0 Å². The van der Waals surface area contributed by atoms with Crippen LogP contribution in [-0.2, 0) is 21.7 Å². The summed E-state index contributed by atoms with van der Waals surface area (Å²) >= 11 is 0. The van der Waals surface area contributed by atoms with E-state index in [1.807, 2.05) is 60.7 Å². The van der Waals surface area contributed by atoms with Crippen LogP contribution < -0.4 is 0 Å². The first-order valence-corrected chi connectivity index (χ1v) is 38.3. The molecule has 2 heterocycles. The first kappa shape index (κ1) is 68.7. The summed E-state index contributed by atoms with van der Waals surface area (Å²) in [5.74, 6) is 1.96. The zero-order chi connectivity index (χ0) is 74.9. The predicted octanol–water partition coefficient (Wildman–Crippen LogP) is 27.5. The van der Waals surface area contributed by atoms with E-state index in [1.165, 1.54) is 111 Å². The highest BCUT2D eigenvalue weighted by atomic mass is 15.0. The molecule has 17 aromatic rings. The van der Waals surface area contributed by atoms with Crippen molar-refractivity contribution in [3.63, 3.8) is 0 Å². The van der Waals surface area contributed by atoms with Crippen LogP contribution in [-0.4, -0.2) is 24.9 Å². The summed E-state index contributed by atoms with van der Waals surface area (Å²) in [4.78, 5) is 25.6. The first-order valence-electron chi connectivity index (χ1n) is 38.3. The van der Waals surface area contributed by atoms with Gasteiger partial charge in [-0.1, -0.05) is 371 Å². The monoisotopic (exact) mass is 1410 g/mol. The van der Waals surface area contributed by atoms with Crippen LogP contribution in [0.15, 0.2) is 358 Å². The lowest BCUT2D eigenvalue weighted by molar-refractivity contribution is 0.299. The Kier molecular flexibility index (Phi) is 17.2. The predicted molar refractivity (Wildman–Crippen MR) is 460 cm³/mol. The molecule has 2 aliphatic carbocycles. The highest BCUT2D eigenvalue weighted by molar-refractivity contribution is 6.06. The van der Waals surface area contributed by atoms with Crippen LogP contribution in [0.1, 0.15) is 77.6 Å². The summed E-state index contributed by atoms with van der Waals surface area (Å²) in [6, 6.07) is 128. The lowest BCUT2D eigenvalue weighted by atomic mass is 9.55. The van der Waals surface area contributed by atoms with Gasteiger partial charge >= 0.3 is 0 Å². The van der Waals surface area contributed by atoms with Crippen LogP contribution in [0.25, 0.3) is 167 Å². The fourth-order valence-electron chi connectivity index (χ4n) is 16.8. The number of aromatic nitrogens is 5. The highest BCUT2D eigenvalue weighted by Crippen LogP contribution is 2.57. The molecule has 19 rings (SSSR count). The minimum absolute atomic E-state index is 0.108. The van der Waals surface area contributed by atoms with Crippen molar-refractivity contribution in [3.05, 3.63) is 380 Å². The van der Waals surface area contributed by atoms with Gasteiger partial charge in [-0.2, -0.15) is 0 Å². The van der Waals surface area contributed by atoms with Gasteiger partial charge in [-0.05, 0) is 181 Å². The first-order chi connectivity index (χ1) is 53.5. The standard InChI is InChI=1S/C57H45N3.C48H38N2/c1-56(2)51-34-32-45(44-24-16-23-43(35-44)38-17-8-5-9-18-38)36-50(51)49-33-31-46(37-52(49)57(56,3)4)48-26-15-14-25-47(48)39-27-29-42(30-28-39)55-59-53(40-19-10-6-11-20-40)58-54(60-55)41-21-12-7-13-22-41;1-47(2)41-26-23-36(35-20-13-19-34(28-35)31-14-7-5-8-15-31)29-40(41)39-25-22-37(30-42(39)48(47,3)4)45-44(33-17-9-6-10-18-33)49-43-27-24-32-16-11-12-21-38(32)46(43)50-45/h5-37H,1-4H3;5-30H,1-4H3. The molecule has 0 saturated carbocycles. The van der Waals surface area contributed by atoms with Crippen molar-refractivity contribution in [2.75, 3.05) is 0 Å². The largest absolute Gasteiger partial charge is 0.244 e. The average molecular weight is 1410 g/mol. The Morgan fingerprint density at radius 2 is 0.518 bits per heavy atom. The normalized spacial score (nSPS) is 13.9. The van der Waals surface area contributed by atoms with Crippen LogP contribution in [0.4, 0.5) is 0 Å². The van der Waals surface area contributed by atoms with Gasteiger partial charge in [0.05, 0.1) is 22.4 Å². The molecule has 528 valence electrons. The van der Waals surface area contributed by atoms with Gasteiger partial charge in [0, 0.05) is 33.2 Å². The SMILES string of the molecule is CC1(C)c2ccc(-c3cccc(-c4ccccc4)c3)cc2-c2ccc(-c3ccccc3-c3ccc(-c4nc(-c5ccccc5)nc(-c5ccccc5)n4)cc3)cc2C1(C)C.CC1(C)c2ccc(-c3cccc(-c4ccccc4)c3)cc2-c2ccc(-c3nc4c(ccc5ccccc54)nc3-c3ccccc3)cc2C1(C)C. The van der Waals surface area contributed by atoms with E-state index in [9.17, 15) is 0 Å². The van der Waals surface area contributed by atoms with Crippen molar-refractivity contribution >= 4 is 21.8 Å². The van der Waals surface area contributed by atoms with Crippen LogP contribution >= 0.6 is 0 Å². The van der Waals surface area contributed by atoms with Crippen molar-refractivity contribution in [1.29, 1.82) is 0 Å². The number of rotatable bonds is 11.